The highest BCUT2D eigenvalue weighted by atomic mass is 16.5. The van der Waals surface area contributed by atoms with Gasteiger partial charge in [0.25, 0.3) is 5.91 Å². The van der Waals surface area contributed by atoms with E-state index in [2.05, 4.69) is 29.0 Å². The molecule has 22 heavy (non-hydrogen) atoms. The van der Waals surface area contributed by atoms with Crippen molar-refractivity contribution in [2.75, 3.05) is 57.4 Å². The lowest BCUT2D eigenvalue weighted by Gasteiger charge is -2.26. The smallest absolute Gasteiger partial charge is 0.251 e. The van der Waals surface area contributed by atoms with Crippen molar-refractivity contribution in [2.24, 2.45) is 0 Å². The molecule has 122 valence electrons. The van der Waals surface area contributed by atoms with Crippen molar-refractivity contribution >= 4 is 11.6 Å². The Morgan fingerprint density at radius 3 is 2.41 bits per heavy atom. The molecule has 1 aromatic carbocycles. The summed E-state index contributed by atoms with van der Waals surface area (Å²) in [6.07, 6.45) is 0. The van der Waals surface area contributed by atoms with Gasteiger partial charge in [0.1, 0.15) is 0 Å². The SMILES string of the molecule is CCN(CC)c1ccc(C(=O)NCCN2CCOCC2)cc1. The molecule has 0 radical (unpaired) electrons. The molecule has 1 fully saturated rings. The number of benzene rings is 1. The molecule has 0 aliphatic carbocycles. The van der Waals surface area contributed by atoms with Gasteiger partial charge in [-0.25, -0.2) is 0 Å². The van der Waals surface area contributed by atoms with Gasteiger partial charge < -0.3 is 15.0 Å². The Labute approximate surface area is 133 Å². The Bertz CT molecular complexity index is 451. The van der Waals surface area contributed by atoms with Gasteiger partial charge >= 0.3 is 0 Å². The van der Waals surface area contributed by atoms with Gasteiger partial charge in [-0.1, -0.05) is 0 Å². The molecule has 0 atom stereocenters. The number of morpholine rings is 1. The summed E-state index contributed by atoms with van der Waals surface area (Å²) in [5.74, 6) is -0.000596. The first kappa shape index (κ1) is 16.8. The van der Waals surface area contributed by atoms with Crippen LogP contribution in [0.25, 0.3) is 0 Å². The summed E-state index contributed by atoms with van der Waals surface area (Å²) >= 11 is 0. The third kappa shape index (κ3) is 4.71. The van der Waals surface area contributed by atoms with Crippen molar-refractivity contribution < 1.29 is 9.53 Å². The standard InChI is InChI=1S/C17H27N3O2/c1-3-20(4-2)16-7-5-15(6-8-16)17(21)18-9-10-19-11-13-22-14-12-19/h5-8H,3-4,9-14H2,1-2H3,(H,18,21). The molecule has 1 saturated heterocycles. The van der Waals surface area contributed by atoms with Gasteiger partial charge in [-0.3, -0.25) is 9.69 Å². The van der Waals surface area contributed by atoms with Gasteiger partial charge in [-0.15, -0.1) is 0 Å². The van der Waals surface area contributed by atoms with Gasteiger partial charge in [-0.05, 0) is 38.1 Å². The van der Waals surface area contributed by atoms with E-state index >= 15 is 0 Å². The van der Waals surface area contributed by atoms with Crippen LogP contribution in [-0.2, 0) is 4.74 Å². The lowest BCUT2D eigenvalue weighted by atomic mass is 10.2. The molecule has 1 heterocycles. The topological polar surface area (TPSA) is 44.8 Å². The summed E-state index contributed by atoms with van der Waals surface area (Å²) < 4.78 is 5.31. The molecule has 1 aromatic rings. The number of carbonyl (C=O) groups excluding carboxylic acids is 1. The Kier molecular flexibility index (Phi) is 6.68. The third-order valence-electron chi connectivity index (χ3n) is 4.08. The van der Waals surface area contributed by atoms with E-state index in [9.17, 15) is 4.79 Å². The van der Waals surface area contributed by atoms with Crippen LogP contribution in [-0.4, -0.2) is 63.3 Å². The molecule has 1 aliphatic rings. The predicted molar refractivity (Wildman–Crippen MR) is 89.6 cm³/mol. The van der Waals surface area contributed by atoms with E-state index in [1.165, 1.54) is 0 Å². The number of ether oxygens (including phenoxy) is 1. The third-order valence-corrected chi connectivity index (χ3v) is 4.08. The van der Waals surface area contributed by atoms with Crippen LogP contribution in [0.1, 0.15) is 24.2 Å². The lowest BCUT2D eigenvalue weighted by molar-refractivity contribution is 0.0383. The zero-order valence-electron chi connectivity index (χ0n) is 13.7. The average Bonchev–Trinajstić information content (AvgIpc) is 2.57. The highest BCUT2D eigenvalue weighted by Gasteiger charge is 2.11. The number of amides is 1. The minimum absolute atomic E-state index is 0.000596. The first-order chi connectivity index (χ1) is 10.7. The van der Waals surface area contributed by atoms with Crippen molar-refractivity contribution in [3.8, 4) is 0 Å². The Morgan fingerprint density at radius 1 is 1.18 bits per heavy atom. The Balaban J connectivity index is 1.79. The molecule has 0 saturated carbocycles. The van der Waals surface area contributed by atoms with Gasteiger partial charge in [0.15, 0.2) is 0 Å². The van der Waals surface area contributed by atoms with Gasteiger partial charge in [0.2, 0.25) is 0 Å². The molecular formula is C17H27N3O2. The first-order valence-electron chi connectivity index (χ1n) is 8.18. The van der Waals surface area contributed by atoms with E-state index in [0.29, 0.717) is 6.54 Å². The van der Waals surface area contributed by atoms with E-state index in [4.69, 9.17) is 4.74 Å². The maximum absolute atomic E-state index is 12.1. The molecule has 0 bridgehead atoms. The van der Waals surface area contributed by atoms with E-state index in [0.717, 1.165) is 57.2 Å². The number of carbonyl (C=O) groups is 1. The van der Waals surface area contributed by atoms with Crippen molar-refractivity contribution in [3.05, 3.63) is 29.8 Å². The number of hydrogen-bond donors (Lipinski definition) is 1. The molecule has 0 spiro atoms. The van der Waals surface area contributed by atoms with Crippen LogP contribution in [0.4, 0.5) is 5.69 Å². The van der Waals surface area contributed by atoms with Gasteiger partial charge in [0.05, 0.1) is 13.2 Å². The fraction of sp³-hybridized carbons (Fsp3) is 0.588. The minimum atomic E-state index is -0.000596. The number of hydrogen-bond acceptors (Lipinski definition) is 4. The summed E-state index contributed by atoms with van der Waals surface area (Å²) in [6.45, 7) is 11.3. The second-order valence-corrected chi connectivity index (χ2v) is 5.43. The van der Waals surface area contributed by atoms with Crippen LogP contribution in [0.15, 0.2) is 24.3 Å². The Morgan fingerprint density at radius 2 is 1.82 bits per heavy atom. The van der Waals surface area contributed by atoms with Crippen molar-refractivity contribution in [1.29, 1.82) is 0 Å². The maximum Gasteiger partial charge on any atom is 0.251 e. The summed E-state index contributed by atoms with van der Waals surface area (Å²) in [7, 11) is 0. The summed E-state index contributed by atoms with van der Waals surface area (Å²) in [6, 6.07) is 7.84. The monoisotopic (exact) mass is 305 g/mol. The number of nitrogens with zero attached hydrogens (tertiary/aromatic N) is 2. The van der Waals surface area contributed by atoms with E-state index in [1.54, 1.807) is 0 Å². The summed E-state index contributed by atoms with van der Waals surface area (Å²) in [5.41, 5.74) is 1.88. The Hall–Kier alpha value is -1.59. The zero-order valence-corrected chi connectivity index (χ0v) is 13.7. The van der Waals surface area contributed by atoms with Crippen molar-refractivity contribution in [1.82, 2.24) is 10.2 Å². The largest absolute Gasteiger partial charge is 0.379 e. The van der Waals surface area contributed by atoms with Crippen molar-refractivity contribution in [2.45, 2.75) is 13.8 Å². The molecule has 0 aromatic heterocycles. The van der Waals surface area contributed by atoms with Crippen LogP contribution >= 0.6 is 0 Å². The summed E-state index contributed by atoms with van der Waals surface area (Å²) in [5, 5.41) is 2.99. The fourth-order valence-electron chi connectivity index (χ4n) is 2.67. The molecule has 1 aliphatic heterocycles. The summed E-state index contributed by atoms with van der Waals surface area (Å²) in [4.78, 5) is 16.7. The predicted octanol–water partition coefficient (Wildman–Crippen LogP) is 1.59. The highest BCUT2D eigenvalue weighted by molar-refractivity contribution is 5.94. The molecule has 5 nitrogen and oxygen atoms in total. The van der Waals surface area contributed by atoms with E-state index in [-0.39, 0.29) is 5.91 Å². The van der Waals surface area contributed by atoms with Crippen LogP contribution in [0.3, 0.4) is 0 Å². The van der Waals surface area contributed by atoms with Crippen molar-refractivity contribution in [3.63, 3.8) is 0 Å². The number of rotatable bonds is 7. The number of anilines is 1. The second-order valence-electron chi connectivity index (χ2n) is 5.43. The van der Waals surface area contributed by atoms with E-state index < -0.39 is 0 Å². The van der Waals surface area contributed by atoms with Gasteiger partial charge in [-0.2, -0.15) is 0 Å². The molecule has 1 amide bonds. The van der Waals surface area contributed by atoms with Crippen LogP contribution in [0.2, 0.25) is 0 Å². The second kappa shape index (κ2) is 8.76. The molecule has 1 N–H and O–H groups in total. The quantitative estimate of drug-likeness (QED) is 0.831. The molecule has 0 unspecified atom stereocenters. The molecular weight excluding hydrogens is 278 g/mol. The average molecular weight is 305 g/mol. The molecule has 5 heteroatoms. The van der Waals surface area contributed by atoms with Gasteiger partial charge in [0, 0.05) is 50.5 Å². The van der Waals surface area contributed by atoms with E-state index in [1.807, 2.05) is 24.3 Å². The van der Waals surface area contributed by atoms with Crippen LogP contribution < -0.4 is 10.2 Å². The fourth-order valence-corrected chi connectivity index (χ4v) is 2.67. The van der Waals surface area contributed by atoms with Crippen LogP contribution in [0, 0.1) is 0 Å². The molecule has 2 rings (SSSR count). The lowest BCUT2D eigenvalue weighted by Crippen LogP contribution is -2.41. The van der Waals surface area contributed by atoms with Crippen LogP contribution in [0.5, 0.6) is 0 Å². The minimum Gasteiger partial charge on any atom is -0.379 e. The highest BCUT2D eigenvalue weighted by Crippen LogP contribution is 2.14. The number of nitrogens with one attached hydrogen (secondary N) is 1. The zero-order chi connectivity index (χ0) is 15.8. The normalized spacial score (nSPS) is 15.5. The maximum atomic E-state index is 12.1. The first-order valence-corrected chi connectivity index (χ1v) is 8.18.